The van der Waals surface area contributed by atoms with Gasteiger partial charge < -0.3 is 9.80 Å². The Kier molecular flexibility index (Phi) is 10.1. The average molecular weight is 889 g/mol. The Morgan fingerprint density at radius 1 is 0.426 bits per heavy atom. The smallest absolute Gasteiger partial charge is 0.217 e. The summed E-state index contributed by atoms with van der Waals surface area (Å²) >= 11 is 0. The summed E-state index contributed by atoms with van der Waals surface area (Å²) in [4.78, 5) is 4.82. The standard InChI is InChI=1S/C64H64N4/c1-61(2)51-39-37-45-21-11-13-23-47(45)59(51)67(9)55(61)29-19-31-57-63(5,49-25-15-17-27-53(49)65(57)7)41-43-33-35-44(36-34-43)42-64(6)50-26-16-18-28-54(50)66(8)58(64)32-20-30-56-62(3,4)52-40-38-46-22-12-14-24-48(46)60(52)68(56)10/h11-40H,41-42H2,1-10H3/q+2. The number of anilines is 2. The predicted octanol–water partition coefficient (Wildman–Crippen LogP) is 14.2. The van der Waals surface area contributed by atoms with Crippen molar-refractivity contribution in [2.24, 2.45) is 0 Å². The molecule has 0 saturated carbocycles. The van der Waals surface area contributed by atoms with Gasteiger partial charge >= 0.3 is 0 Å². The Labute approximate surface area is 403 Å². The van der Waals surface area contributed by atoms with Crippen molar-refractivity contribution in [1.29, 1.82) is 0 Å². The number of likely N-dealkylation sites (N-methyl/N-ethyl adjacent to an activating group) is 2. The highest BCUT2D eigenvalue weighted by atomic mass is 15.2. The van der Waals surface area contributed by atoms with Crippen molar-refractivity contribution in [2.45, 2.75) is 76.0 Å². The van der Waals surface area contributed by atoms with E-state index in [0.29, 0.717) is 0 Å². The molecule has 0 radical (unpaired) electrons. The third-order valence-electron chi connectivity index (χ3n) is 16.5. The Bertz CT molecular complexity index is 3200. The summed E-state index contributed by atoms with van der Waals surface area (Å²) in [6, 6.07) is 54.2. The summed E-state index contributed by atoms with van der Waals surface area (Å²) in [5.41, 5.74) is 17.9. The van der Waals surface area contributed by atoms with E-state index in [0.717, 1.165) is 12.8 Å². The van der Waals surface area contributed by atoms with Crippen LogP contribution in [0.1, 0.15) is 74.9 Å². The quantitative estimate of drug-likeness (QED) is 0.141. The van der Waals surface area contributed by atoms with Crippen molar-refractivity contribution >= 4 is 55.7 Å². The SMILES string of the molecule is CN1/C(=C\C=C\C2=[N+](C)c3c(ccc4ccccc34)C2(C)C)C(C)(Cc2ccc(CC3(C)/C(=C/C=C/C4=[N+](C)c5c(ccc6ccccc56)C4(C)C)N(C)c4ccccc43)cc2)c2ccccc21. The molecule has 4 aliphatic heterocycles. The van der Waals surface area contributed by atoms with Crippen LogP contribution in [0.4, 0.5) is 22.7 Å². The van der Waals surface area contributed by atoms with E-state index >= 15 is 0 Å². The van der Waals surface area contributed by atoms with Gasteiger partial charge in [0.2, 0.25) is 11.4 Å². The number of benzene rings is 7. The second-order valence-corrected chi connectivity index (χ2v) is 21.3. The van der Waals surface area contributed by atoms with Gasteiger partial charge in [0.05, 0.1) is 21.6 Å². The summed E-state index contributed by atoms with van der Waals surface area (Å²) in [6.45, 7) is 14.3. The Hall–Kier alpha value is -7.04. The molecular weight excluding hydrogens is 825 g/mol. The van der Waals surface area contributed by atoms with Crippen LogP contribution >= 0.6 is 0 Å². The molecule has 0 aliphatic carbocycles. The third-order valence-corrected chi connectivity index (χ3v) is 16.5. The number of para-hydroxylation sites is 2. The first-order chi connectivity index (χ1) is 32.6. The van der Waals surface area contributed by atoms with Crippen molar-refractivity contribution in [3.8, 4) is 0 Å². The van der Waals surface area contributed by atoms with E-state index in [1.54, 1.807) is 0 Å². The zero-order chi connectivity index (χ0) is 47.3. The fraction of sp³-hybridized carbons (Fsp3) is 0.250. The highest BCUT2D eigenvalue weighted by molar-refractivity contribution is 6.08. The van der Waals surface area contributed by atoms with Gasteiger partial charge in [-0.3, -0.25) is 0 Å². The summed E-state index contributed by atoms with van der Waals surface area (Å²) < 4.78 is 4.82. The van der Waals surface area contributed by atoms with Crippen LogP contribution in [0.5, 0.6) is 0 Å². The van der Waals surface area contributed by atoms with Gasteiger partial charge in [0.1, 0.15) is 14.1 Å². The van der Waals surface area contributed by atoms with Gasteiger partial charge in [0, 0.05) is 71.0 Å². The minimum absolute atomic E-state index is 0.120. The molecule has 338 valence electrons. The molecule has 0 spiro atoms. The van der Waals surface area contributed by atoms with E-state index in [-0.39, 0.29) is 21.7 Å². The lowest BCUT2D eigenvalue weighted by Gasteiger charge is -2.30. The Morgan fingerprint density at radius 3 is 1.21 bits per heavy atom. The van der Waals surface area contributed by atoms with E-state index in [1.807, 2.05) is 0 Å². The maximum Gasteiger partial charge on any atom is 0.217 e. The van der Waals surface area contributed by atoms with Gasteiger partial charge in [-0.1, -0.05) is 133 Å². The van der Waals surface area contributed by atoms with Crippen LogP contribution in [0.15, 0.2) is 193 Å². The molecule has 4 heterocycles. The molecule has 4 nitrogen and oxygen atoms in total. The lowest BCUT2D eigenvalue weighted by molar-refractivity contribution is -0.400. The van der Waals surface area contributed by atoms with E-state index in [9.17, 15) is 0 Å². The molecule has 4 aliphatic rings. The number of nitrogens with zero attached hydrogens (tertiary/aromatic N) is 4. The van der Waals surface area contributed by atoms with Gasteiger partial charge in [0.25, 0.3) is 0 Å². The number of rotatable bonds is 8. The number of hydrogen-bond acceptors (Lipinski definition) is 2. The number of fused-ring (bicyclic) bond motifs is 8. The lowest BCUT2D eigenvalue weighted by atomic mass is 9.75. The van der Waals surface area contributed by atoms with Crippen LogP contribution in [-0.2, 0) is 34.5 Å². The summed E-state index contributed by atoms with van der Waals surface area (Å²) in [7, 11) is 8.92. The Morgan fingerprint density at radius 2 is 0.794 bits per heavy atom. The maximum absolute atomic E-state index is 2.43. The molecule has 7 aromatic carbocycles. The van der Waals surface area contributed by atoms with Crippen molar-refractivity contribution in [1.82, 2.24) is 0 Å². The summed E-state index contributed by atoms with van der Waals surface area (Å²) in [6.07, 6.45) is 15.8. The van der Waals surface area contributed by atoms with E-state index in [1.165, 1.54) is 100 Å². The highest BCUT2D eigenvalue weighted by Crippen LogP contribution is 2.51. The van der Waals surface area contributed by atoms with Gasteiger partial charge in [0.15, 0.2) is 11.4 Å². The fourth-order valence-corrected chi connectivity index (χ4v) is 13.0. The van der Waals surface area contributed by atoms with Crippen LogP contribution < -0.4 is 9.80 Å². The van der Waals surface area contributed by atoms with Crippen LogP contribution in [0.2, 0.25) is 0 Å². The molecule has 0 N–H and O–H groups in total. The van der Waals surface area contributed by atoms with Crippen LogP contribution in [0, 0.1) is 0 Å². The number of allylic oxidation sites excluding steroid dienone is 8. The minimum Gasteiger partial charge on any atom is -0.347 e. The second-order valence-electron chi connectivity index (χ2n) is 21.3. The molecule has 4 heteroatoms. The second kappa shape index (κ2) is 15.8. The molecule has 11 rings (SSSR count). The van der Waals surface area contributed by atoms with E-state index in [2.05, 4.69) is 271 Å². The van der Waals surface area contributed by atoms with Gasteiger partial charge in [-0.2, -0.15) is 9.15 Å². The fourth-order valence-electron chi connectivity index (χ4n) is 13.0. The molecule has 68 heavy (non-hydrogen) atoms. The molecule has 0 aromatic heterocycles. The first-order valence-electron chi connectivity index (χ1n) is 24.4. The largest absolute Gasteiger partial charge is 0.347 e. The van der Waals surface area contributed by atoms with Crippen molar-refractivity contribution < 1.29 is 9.15 Å². The topological polar surface area (TPSA) is 12.5 Å². The molecule has 2 atom stereocenters. The molecule has 0 amide bonds. The molecule has 7 aromatic rings. The molecule has 0 saturated heterocycles. The maximum atomic E-state index is 2.43. The van der Waals surface area contributed by atoms with E-state index in [4.69, 9.17) is 0 Å². The monoisotopic (exact) mass is 889 g/mol. The summed E-state index contributed by atoms with van der Waals surface area (Å²) in [5.74, 6) is 0. The third kappa shape index (κ3) is 6.47. The lowest BCUT2D eigenvalue weighted by Crippen LogP contribution is -2.29. The average Bonchev–Trinajstić information content (AvgIpc) is 3.85. The Balaban J connectivity index is 0.885. The van der Waals surface area contributed by atoms with E-state index < -0.39 is 0 Å². The highest BCUT2D eigenvalue weighted by Gasteiger charge is 2.47. The van der Waals surface area contributed by atoms with Gasteiger partial charge in [-0.05, 0) is 124 Å². The number of hydrogen-bond donors (Lipinski definition) is 0. The van der Waals surface area contributed by atoms with Crippen LogP contribution in [-0.4, -0.2) is 48.8 Å². The minimum atomic E-state index is -0.214. The first-order valence-corrected chi connectivity index (χ1v) is 24.4. The zero-order valence-corrected chi connectivity index (χ0v) is 41.5. The van der Waals surface area contributed by atoms with Crippen molar-refractivity contribution in [2.75, 3.05) is 38.0 Å². The van der Waals surface area contributed by atoms with Gasteiger partial charge in [-0.15, -0.1) is 0 Å². The van der Waals surface area contributed by atoms with Crippen molar-refractivity contribution in [3.05, 3.63) is 227 Å². The summed E-state index contributed by atoms with van der Waals surface area (Å²) in [5, 5.41) is 5.18. The molecule has 2 unspecified atom stereocenters. The molecule has 0 bridgehead atoms. The van der Waals surface area contributed by atoms with Gasteiger partial charge in [-0.25, -0.2) is 0 Å². The molecule has 0 fully saturated rings. The van der Waals surface area contributed by atoms with Crippen LogP contribution in [0.25, 0.3) is 21.5 Å². The normalized spacial score (nSPS) is 22.5. The first kappa shape index (κ1) is 43.5. The molecular formula is C64H64N4+2. The van der Waals surface area contributed by atoms with Crippen LogP contribution in [0.3, 0.4) is 0 Å². The predicted molar refractivity (Wildman–Crippen MR) is 288 cm³/mol. The zero-order valence-electron chi connectivity index (χ0n) is 41.5. The van der Waals surface area contributed by atoms with Crippen molar-refractivity contribution in [3.63, 3.8) is 0 Å².